The molecule has 0 radical (unpaired) electrons. The van der Waals surface area contributed by atoms with Crippen LogP contribution in [-0.2, 0) is 4.79 Å². The average Bonchev–Trinajstić information content (AvgIpc) is 2.87. The Hall–Kier alpha value is -3.79. The Morgan fingerprint density at radius 2 is 1.74 bits per heavy atom. The lowest BCUT2D eigenvalue weighted by atomic mass is 10.2. The minimum atomic E-state index is -0.123. The number of hydrogen-bond acceptors (Lipinski definition) is 8. The Morgan fingerprint density at radius 1 is 1.00 bits per heavy atom. The van der Waals surface area contributed by atoms with Gasteiger partial charge in [0, 0.05) is 69.0 Å². The number of piperazine rings is 1. The zero-order chi connectivity index (χ0) is 24.8. The number of hydrogen-bond donors (Lipinski definition) is 2. The zero-order valence-corrected chi connectivity index (χ0v) is 20.4. The van der Waals surface area contributed by atoms with Crippen LogP contribution < -0.4 is 15.5 Å². The molecule has 182 valence electrons. The van der Waals surface area contributed by atoms with Gasteiger partial charge in [0.1, 0.15) is 17.3 Å². The highest BCUT2D eigenvalue weighted by molar-refractivity contribution is 6.30. The summed E-state index contributed by atoms with van der Waals surface area (Å²) in [5, 5.41) is 6.65. The van der Waals surface area contributed by atoms with E-state index in [0.29, 0.717) is 61.6 Å². The molecule has 11 heteroatoms. The molecule has 3 aromatic rings. The molecule has 1 aromatic carbocycles. The third-order valence-electron chi connectivity index (χ3n) is 5.51. The Labute approximate surface area is 208 Å². The summed E-state index contributed by atoms with van der Waals surface area (Å²) in [6.07, 6.45) is 3.12. The smallest absolute Gasteiger partial charge is 0.274 e. The van der Waals surface area contributed by atoms with Crippen LogP contribution in [0, 0.1) is 6.92 Å². The quantitative estimate of drug-likeness (QED) is 0.481. The van der Waals surface area contributed by atoms with E-state index in [1.165, 1.54) is 13.1 Å². The van der Waals surface area contributed by atoms with E-state index in [4.69, 9.17) is 16.6 Å². The summed E-state index contributed by atoms with van der Waals surface area (Å²) in [6, 6.07) is 9.24. The zero-order valence-electron chi connectivity index (χ0n) is 19.7. The molecule has 0 saturated carbocycles. The second kappa shape index (κ2) is 11.1. The molecular formula is C24H27ClN8O2. The number of aromatic nitrogens is 4. The summed E-state index contributed by atoms with van der Waals surface area (Å²) in [4.78, 5) is 45.7. The highest BCUT2D eigenvalue weighted by atomic mass is 35.5. The Morgan fingerprint density at radius 3 is 2.40 bits per heavy atom. The van der Waals surface area contributed by atoms with Crippen molar-refractivity contribution in [2.75, 3.05) is 49.5 Å². The summed E-state index contributed by atoms with van der Waals surface area (Å²) < 4.78 is 0. The SMILES string of the molecule is CC(=O)NCCNc1cc(N2CCN(C(=O)c3cnc(C)cn3)CC2)nc(-c2ccc(Cl)cc2)n1. The number of halogens is 1. The number of anilines is 2. The van der Waals surface area contributed by atoms with Crippen LogP contribution in [0.25, 0.3) is 11.4 Å². The van der Waals surface area contributed by atoms with Crippen LogP contribution in [0.5, 0.6) is 0 Å². The van der Waals surface area contributed by atoms with E-state index in [2.05, 4.69) is 30.5 Å². The highest BCUT2D eigenvalue weighted by Gasteiger charge is 2.24. The van der Waals surface area contributed by atoms with Crippen molar-refractivity contribution in [2.45, 2.75) is 13.8 Å². The van der Waals surface area contributed by atoms with Gasteiger partial charge in [0.2, 0.25) is 5.91 Å². The molecule has 0 spiro atoms. The van der Waals surface area contributed by atoms with E-state index in [1.54, 1.807) is 23.2 Å². The van der Waals surface area contributed by atoms with Crippen LogP contribution >= 0.6 is 11.6 Å². The molecule has 0 bridgehead atoms. The lowest BCUT2D eigenvalue weighted by Crippen LogP contribution is -2.49. The van der Waals surface area contributed by atoms with Crippen molar-refractivity contribution >= 4 is 35.1 Å². The standard InChI is InChI=1S/C24H27ClN8O2/c1-16-14-29-20(15-28-16)24(35)33-11-9-32(10-12-33)22-13-21(27-8-7-26-17(2)34)30-23(31-22)18-3-5-19(25)6-4-18/h3-6,13-15H,7-12H2,1-2H3,(H,26,34)(H,27,30,31). The minimum Gasteiger partial charge on any atom is -0.368 e. The predicted octanol–water partition coefficient (Wildman–Crippen LogP) is 2.41. The molecule has 4 rings (SSSR count). The minimum absolute atomic E-state index is 0.0823. The van der Waals surface area contributed by atoms with E-state index < -0.39 is 0 Å². The van der Waals surface area contributed by atoms with Gasteiger partial charge in [-0.1, -0.05) is 11.6 Å². The maximum absolute atomic E-state index is 12.8. The summed E-state index contributed by atoms with van der Waals surface area (Å²) in [7, 11) is 0. The van der Waals surface area contributed by atoms with Crippen molar-refractivity contribution < 1.29 is 9.59 Å². The molecule has 10 nitrogen and oxygen atoms in total. The monoisotopic (exact) mass is 494 g/mol. The Bertz CT molecular complexity index is 1180. The van der Waals surface area contributed by atoms with Gasteiger partial charge in [0.15, 0.2) is 5.82 Å². The summed E-state index contributed by atoms with van der Waals surface area (Å²) in [5.74, 6) is 1.77. The van der Waals surface area contributed by atoms with E-state index in [0.717, 1.165) is 17.1 Å². The number of carbonyl (C=O) groups is 2. The number of carbonyl (C=O) groups excluding carboxylic acids is 2. The second-order valence-corrected chi connectivity index (χ2v) is 8.61. The number of nitrogens with one attached hydrogen (secondary N) is 2. The first kappa shape index (κ1) is 24.3. The van der Waals surface area contributed by atoms with Crippen LogP contribution in [0.15, 0.2) is 42.7 Å². The molecule has 1 fully saturated rings. The van der Waals surface area contributed by atoms with Gasteiger partial charge >= 0.3 is 0 Å². The van der Waals surface area contributed by atoms with Crippen molar-refractivity contribution in [2.24, 2.45) is 0 Å². The van der Waals surface area contributed by atoms with Crippen LogP contribution in [0.4, 0.5) is 11.6 Å². The molecule has 1 aliphatic heterocycles. The first-order chi connectivity index (χ1) is 16.9. The van der Waals surface area contributed by atoms with Gasteiger partial charge in [-0.05, 0) is 31.2 Å². The molecule has 2 aromatic heterocycles. The van der Waals surface area contributed by atoms with E-state index >= 15 is 0 Å². The van der Waals surface area contributed by atoms with Crippen molar-refractivity contribution in [1.82, 2.24) is 30.2 Å². The molecule has 0 unspecified atom stereocenters. The average molecular weight is 495 g/mol. The molecule has 2 amide bonds. The van der Waals surface area contributed by atoms with Crippen LogP contribution in [0.3, 0.4) is 0 Å². The normalized spacial score (nSPS) is 13.5. The summed E-state index contributed by atoms with van der Waals surface area (Å²) in [5.41, 5.74) is 1.96. The molecule has 35 heavy (non-hydrogen) atoms. The van der Waals surface area contributed by atoms with Crippen molar-refractivity contribution in [3.63, 3.8) is 0 Å². The van der Waals surface area contributed by atoms with Crippen molar-refractivity contribution in [1.29, 1.82) is 0 Å². The first-order valence-electron chi connectivity index (χ1n) is 11.4. The largest absolute Gasteiger partial charge is 0.368 e. The van der Waals surface area contributed by atoms with Gasteiger partial charge in [-0.2, -0.15) is 0 Å². The summed E-state index contributed by atoms with van der Waals surface area (Å²) >= 11 is 6.05. The van der Waals surface area contributed by atoms with E-state index in [9.17, 15) is 9.59 Å². The third kappa shape index (κ3) is 6.42. The third-order valence-corrected chi connectivity index (χ3v) is 5.76. The topological polar surface area (TPSA) is 116 Å². The second-order valence-electron chi connectivity index (χ2n) is 8.17. The fraction of sp³-hybridized carbons (Fsp3) is 0.333. The number of rotatable bonds is 7. The van der Waals surface area contributed by atoms with Gasteiger partial charge in [0.05, 0.1) is 11.9 Å². The summed E-state index contributed by atoms with van der Waals surface area (Å²) in [6.45, 7) is 6.64. The number of nitrogens with zero attached hydrogens (tertiary/aromatic N) is 6. The molecule has 1 saturated heterocycles. The lowest BCUT2D eigenvalue weighted by Gasteiger charge is -2.35. The number of amides is 2. The fourth-order valence-corrected chi connectivity index (χ4v) is 3.77. The molecule has 0 aliphatic carbocycles. The highest BCUT2D eigenvalue weighted by Crippen LogP contribution is 2.25. The van der Waals surface area contributed by atoms with Gasteiger partial charge in [-0.15, -0.1) is 0 Å². The van der Waals surface area contributed by atoms with Crippen molar-refractivity contribution in [3.8, 4) is 11.4 Å². The Balaban J connectivity index is 1.49. The van der Waals surface area contributed by atoms with Gasteiger partial charge in [-0.3, -0.25) is 14.6 Å². The van der Waals surface area contributed by atoms with Gasteiger partial charge in [0.25, 0.3) is 5.91 Å². The lowest BCUT2D eigenvalue weighted by molar-refractivity contribution is -0.118. The van der Waals surface area contributed by atoms with Crippen LogP contribution in [-0.4, -0.2) is 75.9 Å². The molecule has 1 aliphatic rings. The number of benzene rings is 1. The van der Waals surface area contributed by atoms with E-state index in [-0.39, 0.29) is 11.8 Å². The van der Waals surface area contributed by atoms with Gasteiger partial charge in [-0.25, -0.2) is 15.0 Å². The van der Waals surface area contributed by atoms with Crippen molar-refractivity contribution in [3.05, 3.63) is 59.1 Å². The van der Waals surface area contributed by atoms with Gasteiger partial charge < -0.3 is 20.4 Å². The molecular weight excluding hydrogens is 468 g/mol. The van der Waals surface area contributed by atoms with Crippen LogP contribution in [0.2, 0.25) is 5.02 Å². The molecule has 0 atom stereocenters. The maximum Gasteiger partial charge on any atom is 0.274 e. The Kier molecular flexibility index (Phi) is 7.71. The van der Waals surface area contributed by atoms with E-state index in [1.807, 2.05) is 25.1 Å². The molecule has 3 heterocycles. The maximum atomic E-state index is 12.8. The van der Waals surface area contributed by atoms with Crippen LogP contribution in [0.1, 0.15) is 23.1 Å². The molecule has 2 N–H and O–H groups in total. The number of aryl methyl sites for hydroxylation is 1. The fourth-order valence-electron chi connectivity index (χ4n) is 3.65. The first-order valence-corrected chi connectivity index (χ1v) is 11.7. The predicted molar refractivity (Wildman–Crippen MR) is 135 cm³/mol.